The third-order valence-electron chi connectivity index (χ3n) is 6.58. The largest absolute Gasteiger partial charge is 0.392 e. The Hall–Kier alpha value is -1.76. The number of amides is 1. The lowest BCUT2D eigenvalue weighted by Crippen LogP contribution is -2.50. The fraction of sp³-hybridized carbons (Fsp3) is 0.545. The Morgan fingerprint density at radius 3 is 2.57 bits per heavy atom. The maximum absolute atomic E-state index is 13.1. The van der Waals surface area contributed by atoms with Gasteiger partial charge in [0.25, 0.3) is 0 Å². The summed E-state index contributed by atoms with van der Waals surface area (Å²) in [6, 6.07) is 10.3. The second-order valence-corrected chi connectivity index (χ2v) is 9.33. The molecule has 2 fully saturated rings. The Morgan fingerprint density at radius 1 is 1.25 bits per heavy atom. The summed E-state index contributed by atoms with van der Waals surface area (Å²) in [6.45, 7) is 3.52. The van der Waals surface area contributed by atoms with E-state index in [2.05, 4.69) is 29.6 Å². The Labute approximate surface area is 170 Å². The average Bonchev–Trinajstić information content (AvgIpc) is 3.17. The Morgan fingerprint density at radius 2 is 1.96 bits per heavy atom. The topological polar surface area (TPSA) is 79.5 Å². The highest BCUT2D eigenvalue weighted by Crippen LogP contribution is 2.42. The number of rotatable bonds is 3. The molecule has 3 N–H and O–H groups in total. The lowest BCUT2D eigenvalue weighted by atomic mass is 9.70. The molecule has 1 aromatic carbocycles. The molecule has 1 saturated heterocycles. The molecule has 2 heterocycles. The van der Waals surface area contributed by atoms with Crippen molar-refractivity contribution in [2.45, 2.75) is 56.6 Å². The summed E-state index contributed by atoms with van der Waals surface area (Å²) in [6.07, 6.45) is 3.24. The molecule has 2 aliphatic rings. The molecule has 5 nitrogen and oxygen atoms in total. The summed E-state index contributed by atoms with van der Waals surface area (Å²) < 4.78 is 0. The van der Waals surface area contributed by atoms with Gasteiger partial charge in [0.15, 0.2) is 0 Å². The van der Waals surface area contributed by atoms with E-state index in [1.165, 1.54) is 5.56 Å². The van der Waals surface area contributed by atoms with Crippen molar-refractivity contribution in [3.05, 3.63) is 52.0 Å². The number of hydrogen-bond acceptors (Lipinski definition) is 5. The normalized spacial score (nSPS) is 27.5. The average molecular weight is 400 g/mol. The number of benzene rings is 1. The molecule has 3 atom stereocenters. The van der Waals surface area contributed by atoms with E-state index in [9.17, 15) is 9.90 Å². The number of hydrogen-bond donors (Lipinski definition) is 2. The van der Waals surface area contributed by atoms with Crippen LogP contribution in [0.4, 0.5) is 0 Å². The molecule has 1 aliphatic carbocycles. The van der Waals surface area contributed by atoms with Crippen molar-refractivity contribution in [2.75, 3.05) is 13.1 Å². The molecule has 1 amide bonds. The van der Waals surface area contributed by atoms with Crippen LogP contribution in [0.15, 0.2) is 35.7 Å². The lowest BCUT2D eigenvalue weighted by molar-refractivity contribution is -0.139. The minimum absolute atomic E-state index is 0.0517. The summed E-state index contributed by atoms with van der Waals surface area (Å²) in [5.41, 5.74) is 8.31. The van der Waals surface area contributed by atoms with E-state index < -0.39 is 6.10 Å². The van der Waals surface area contributed by atoms with Crippen LogP contribution in [0, 0.1) is 12.8 Å². The number of likely N-dealkylation sites (tertiary alicyclic amines) is 1. The number of piperidine rings is 1. The standard InChI is InChI=1S/C22H29N3O2S/c1-15-24-20(14-28-15)22(17-5-3-2-4-6-17)9-11-25(12-10-22)21(27)16-7-8-19(26)18(23)13-16/h2-6,14,16,18-19,26H,7-13,23H2,1H3/t16-,18+,19+/m0/s1. The predicted molar refractivity (Wildman–Crippen MR) is 111 cm³/mol. The van der Waals surface area contributed by atoms with Crippen LogP contribution in [-0.4, -0.2) is 46.1 Å². The number of thiazole rings is 1. The third kappa shape index (κ3) is 3.61. The van der Waals surface area contributed by atoms with Gasteiger partial charge in [-0.3, -0.25) is 4.79 Å². The van der Waals surface area contributed by atoms with Gasteiger partial charge < -0.3 is 15.7 Å². The van der Waals surface area contributed by atoms with Crippen molar-refractivity contribution in [3.63, 3.8) is 0 Å². The van der Waals surface area contributed by atoms with Crippen molar-refractivity contribution in [1.82, 2.24) is 9.88 Å². The van der Waals surface area contributed by atoms with Crippen LogP contribution in [0.2, 0.25) is 0 Å². The van der Waals surface area contributed by atoms with E-state index in [1.807, 2.05) is 17.9 Å². The number of carbonyl (C=O) groups is 1. The zero-order valence-corrected chi connectivity index (χ0v) is 17.2. The molecule has 0 bridgehead atoms. The van der Waals surface area contributed by atoms with Gasteiger partial charge in [-0.25, -0.2) is 4.98 Å². The Balaban J connectivity index is 1.52. The fourth-order valence-corrected chi connectivity index (χ4v) is 5.53. The van der Waals surface area contributed by atoms with Crippen LogP contribution < -0.4 is 5.73 Å². The number of nitrogens with two attached hydrogens (primary N) is 1. The molecule has 150 valence electrons. The van der Waals surface area contributed by atoms with Gasteiger partial charge in [0.1, 0.15) is 0 Å². The monoisotopic (exact) mass is 399 g/mol. The van der Waals surface area contributed by atoms with Crippen molar-refractivity contribution < 1.29 is 9.90 Å². The van der Waals surface area contributed by atoms with Gasteiger partial charge in [-0.05, 0) is 44.6 Å². The zero-order valence-electron chi connectivity index (χ0n) is 16.4. The maximum Gasteiger partial charge on any atom is 0.225 e. The highest BCUT2D eigenvalue weighted by Gasteiger charge is 2.42. The van der Waals surface area contributed by atoms with Crippen molar-refractivity contribution in [1.29, 1.82) is 0 Å². The molecular weight excluding hydrogens is 370 g/mol. The van der Waals surface area contributed by atoms with Crippen LogP contribution >= 0.6 is 11.3 Å². The van der Waals surface area contributed by atoms with Crippen LogP contribution in [0.3, 0.4) is 0 Å². The summed E-state index contributed by atoms with van der Waals surface area (Å²) in [5.74, 6) is 0.155. The summed E-state index contributed by atoms with van der Waals surface area (Å²) in [5, 5.41) is 13.1. The predicted octanol–water partition coefficient (Wildman–Crippen LogP) is 2.85. The second-order valence-electron chi connectivity index (χ2n) is 8.27. The van der Waals surface area contributed by atoms with Gasteiger partial charge in [-0.1, -0.05) is 30.3 Å². The minimum atomic E-state index is -0.468. The van der Waals surface area contributed by atoms with E-state index in [0.717, 1.165) is 43.1 Å². The SMILES string of the molecule is Cc1nc(C2(c3ccccc3)CCN(C(=O)[C@H]3CC[C@@H](O)[C@H](N)C3)CC2)cs1. The first kappa shape index (κ1) is 19.6. The van der Waals surface area contributed by atoms with Crippen molar-refractivity contribution in [2.24, 2.45) is 11.7 Å². The molecule has 6 heteroatoms. The molecule has 0 unspecified atom stereocenters. The second kappa shape index (κ2) is 7.93. The highest BCUT2D eigenvalue weighted by atomic mass is 32.1. The number of aliphatic hydroxyl groups excluding tert-OH is 1. The number of carbonyl (C=O) groups excluding carboxylic acids is 1. The molecule has 1 aliphatic heterocycles. The first-order chi connectivity index (χ1) is 13.5. The fourth-order valence-electron chi connectivity index (χ4n) is 4.81. The van der Waals surface area contributed by atoms with Gasteiger partial charge in [0, 0.05) is 35.8 Å². The van der Waals surface area contributed by atoms with Gasteiger partial charge in [-0.2, -0.15) is 0 Å². The van der Waals surface area contributed by atoms with E-state index in [0.29, 0.717) is 12.8 Å². The van der Waals surface area contributed by atoms with Crippen LogP contribution in [0.1, 0.15) is 48.4 Å². The number of aromatic nitrogens is 1. The molecule has 28 heavy (non-hydrogen) atoms. The first-order valence-corrected chi connectivity index (χ1v) is 11.1. The number of aryl methyl sites for hydroxylation is 1. The van der Waals surface area contributed by atoms with Crippen LogP contribution in [0.25, 0.3) is 0 Å². The van der Waals surface area contributed by atoms with Gasteiger partial charge in [0.2, 0.25) is 5.91 Å². The van der Waals surface area contributed by atoms with E-state index in [4.69, 9.17) is 10.7 Å². The summed E-state index contributed by atoms with van der Waals surface area (Å²) in [7, 11) is 0. The highest BCUT2D eigenvalue weighted by molar-refractivity contribution is 7.09. The first-order valence-electron chi connectivity index (χ1n) is 10.2. The smallest absolute Gasteiger partial charge is 0.225 e. The van der Waals surface area contributed by atoms with Crippen LogP contribution in [0.5, 0.6) is 0 Å². The maximum atomic E-state index is 13.1. The number of nitrogens with zero attached hydrogens (tertiary/aromatic N) is 2. The third-order valence-corrected chi connectivity index (χ3v) is 7.35. The Bertz CT molecular complexity index is 814. The molecule has 1 saturated carbocycles. The molecule has 1 aromatic heterocycles. The zero-order chi connectivity index (χ0) is 19.7. The van der Waals surface area contributed by atoms with Crippen molar-refractivity contribution >= 4 is 17.2 Å². The minimum Gasteiger partial charge on any atom is -0.392 e. The van der Waals surface area contributed by atoms with E-state index >= 15 is 0 Å². The Kier molecular flexibility index (Phi) is 5.54. The molecule has 2 aromatic rings. The number of aliphatic hydroxyl groups is 1. The lowest BCUT2D eigenvalue weighted by Gasteiger charge is -2.43. The van der Waals surface area contributed by atoms with Gasteiger partial charge in [0.05, 0.1) is 16.8 Å². The van der Waals surface area contributed by atoms with E-state index in [1.54, 1.807) is 11.3 Å². The summed E-state index contributed by atoms with van der Waals surface area (Å²) >= 11 is 1.69. The molecule has 0 spiro atoms. The quantitative estimate of drug-likeness (QED) is 0.832. The molecular formula is C22H29N3O2S. The van der Waals surface area contributed by atoms with Gasteiger partial charge in [-0.15, -0.1) is 11.3 Å². The summed E-state index contributed by atoms with van der Waals surface area (Å²) in [4.78, 5) is 19.9. The molecule has 0 radical (unpaired) electrons. The molecule has 4 rings (SSSR count). The van der Waals surface area contributed by atoms with Crippen molar-refractivity contribution in [3.8, 4) is 0 Å². The van der Waals surface area contributed by atoms with Gasteiger partial charge >= 0.3 is 0 Å². The van der Waals surface area contributed by atoms with E-state index in [-0.39, 0.29) is 23.3 Å². The van der Waals surface area contributed by atoms with Crippen LogP contribution in [-0.2, 0) is 10.2 Å².